The van der Waals surface area contributed by atoms with Gasteiger partial charge in [0.05, 0.1) is 13.1 Å². The van der Waals surface area contributed by atoms with E-state index >= 15 is 0 Å². The van der Waals surface area contributed by atoms with Gasteiger partial charge in [-0.3, -0.25) is 4.79 Å². The van der Waals surface area contributed by atoms with Crippen molar-refractivity contribution in [1.82, 2.24) is 4.90 Å². The molecule has 0 radical (unpaired) electrons. The first-order valence-electron chi connectivity index (χ1n) is 5.98. The van der Waals surface area contributed by atoms with Gasteiger partial charge in [0.25, 0.3) is 5.91 Å². The van der Waals surface area contributed by atoms with E-state index in [1.54, 1.807) is 11.3 Å². The van der Waals surface area contributed by atoms with E-state index in [4.69, 9.17) is 11.6 Å². The highest BCUT2D eigenvalue weighted by Gasteiger charge is 2.43. The minimum absolute atomic E-state index is 0.153. The van der Waals surface area contributed by atoms with Crippen molar-refractivity contribution in [2.24, 2.45) is 0 Å². The Balaban J connectivity index is 1.88. The number of carbonyl (C=O) groups excluding carboxylic acids is 1. The van der Waals surface area contributed by atoms with Gasteiger partial charge in [-0.05, 0) is 63.6 Å². The molecule has 2 saturated heterocycles. The monoisotopic (exact) mass is 411 g/mol. The lowest BCUT2D eigenvalue weighted by molar-refractivity contribution is 0.0599. The molecule has 6 heteroatoms. The van der Waals surface area contributed by atoms with E-state index < -0.39 is 0 Å². The Morgan fingerprint density at radius 3 is 2.44 bits per heavy atom. The molecule has 0 N–H and O–H groups in total. The van der Waals surface area contributed by atoms with E-state index in [1.807, 2.05) is 6.07 Å². The SMILES string of the molecule is O=C(c1cc(Br)sc1Br)N1C2CCC1CC(Cl)C2. The molecule has 18 heavy (non-hydrogen) atoms. The molecular weight excluding hydrogens is 401 g/mol. The Kier molecular flexibility index (Phi) is 3.78. The van der Waals surface area contributed by atoms with Gasteiger partial charge in [-0.1, -0.05) is 0 Å². The van der Waals surface area contributed by atoms with Crippen LogP contribution >= 0.6 is 54.8 Å². The first-order valence-corrected chi connectivity index (χ1v) is 8.81. The van der Waals surface area contributed by atoms with Crippen molar-refractivity contribution in [1.29, 1.82) is 0 Å². The predicted octanol–water partition coefficient (Wildman–Crippen LogP) is 4.65. The van der Waals surface area contributed by atoms with Crippen LogP contribution in [0, 0.1) is 0 Å². The van der Waals surface area contributed by atoms with E-state index in [-0.39, 0.29) is 11.3 Å². The van der Waals surface area contributed by atoms with Crippen LogP contribution in [0.2, 0.25) is 0 Å². The van der Waals surface area contributed by atoms with Crippen LogP contribution in [0.3, 0.4) is 0 Å². The van der Waals surface area contributed by atoms with Crippen molar-refractivity contribution in [3.63, 3.8) is 0 Å². The zero-order chi connectivity index (χ0) is 12.9. The van der Waals surface area contributed by atoms with Gasteiger partial charge in [0.15, 0.2) is 0 Å². The summed E-state index contributed by atoms with van der Waals surface area (Å²) < 4.78 is 1.89. The lowest BCUT2D eigenvalue weighted by atomic mass is 10.0. The summed E-state index contributed by atoms with van der Waals surface area (Å²) >= 11 is 14.7. The van der Waals surface area contributed by atoms with Crippen LogP contribution in [0.1, 0.15) is 36.0 Å². The number of amides is 1. The molecule has 0 saturated carbocycles. The van der Waals surface area contributed by atoms with Gasteiger partial charge in [0.2, 0.25) is 0 Å². The molecule has 98 valence electrons. The molecule has 2 fully saturated rings. The Morgan fingerprint density at radius 2 is 1.94 bits per heavy atom. The summed E-state index contributed by atoms with van der Waals surface area (Å²) in [4.78, 5) is 14.7. The van der Waals surface area contributed by atoms with Gasteiger partial charge >= 0.3 is 0 Å². The molecule has 1 aromatic heterocycles. The summed E-state index contributed by atoms with van der Waals surface area (Å²) in [5.41, 5.74) is 0.775. The molecule has 2 unspecified atom stereocenters. The maximum absolute atomic E-state index is 12.6. The molecule has 2 nitrogen and oxygen atoms in total. The van der Waals surface area contributed by atoms with Crippen molar-refractivity contribution in [2.75, 3.05) is 0 Å². The zero-order valence-electron chi connectivity index (χ0n) is 9.54. The number of thiophene rings is 1. The quantitative estimate of drug-likeness (QED) is 0.614. The molecule has 3 rings (SSSR count). The number of hydrogen-bond acceptors (Lipinski definition) is 2. The van der Waals surface area contributed by atoms with Crippen LogP contribution in [-0.4, -0.2) is 28.3 Å². The van der Waals surface area contributed by atoms with Crippen LogP contribution in [-0.2, 0) is 0 Å². The summed E-state index contributed by atoms with van der Waals surface area (Å²) in [6, 6.07) is 2.58. The van der Waals surface area contributed by atoms with Gasteiger partial charge < -0.3 is 4.90 Å². The Labute approximate surface area is 132 Å². The third-order valence-electron chi connectivity index (χ3n) is 3.80. The summed E-state index contributed by atoms with van der Waals surface area (Å²) in [6.45, 7) is 0. The number of rotatable bonds is 1. The van der Waals surface area contributed by atoms with Gasteiger partial charge in [-0.15, -0.1) is 22.9 Å². The minimum atomic E-state index is 0.153. The summed E-state index contributed by atoms with van der Waals surface area (Å²) in [5.74, 6) is 0.153. The van der Waals surface area contributed by atoms with Gasteiger partial charge in [0.1, 0.15) is 0 Å². The van der Waals surface area contributed by atoms with Crippen molar-refractivity contribution in [3.8, 4) is 0 Å². The number of fused-ring (bicyclic) bond motifs is 2. The van der Waals surface area contributed by atoms with E-state index in [1.165, 1.54) is 0 Å². The van der Waals surface area contributed by atoms with Crippen molar-refractivity contribution < 1.29 is 4.79 Å². The normalized spacial score (nSPS) is 30.8. The largest absolute Gasteiger partial charge is 0.333 e. The van der Waals surface area contributed by atoms with Crippen LogP contribution in [0.5, 0.6) is 0 Å². The molecule has 2 aliphatic rings. The molecule has 1 aromatic rings. The van der Waals surface area contributed by atoms with Gasteiger partial charge in [-0.25, -0.2) is 0 Å². The summed E-state index contributed by atoms with van der Waals surface area (Å²) in [6.07, 6.45) is 4.07. The topological polar surface area (TPSA) is 20.3 Å². The molecule has 2 aliphatic heterocycles. The van der Waals surface area contributed by atoms with Crippen LogP contribution in [0.15, 0.2) is 13.6 Å². The minimum Gasteiger partial charge on any atom is -0.333 e. The average molecular weight is 414 g/mol. The number of halogens is 3. The molecule has 0 aromatic carbocycles. The first-order chi connectivity index (χ1) is 8.56. The van der Waals surface area contributed by atoms with Crippen molar-refractivity contribution in [2.45, 2.75) is 43.1 Å². The summed E-state index contributed by atoms with van der Waals surface area (Å²) in [5, 5.41) is 0.240. The van der Waals surface area contributed by atoms with Gasteiger partial charge in [-0.2, -0.15) is 0 Å². The molecule has 0 aliphatic carbocycles. The number of alkyl halides is 1. The third kappa shape index (κ3) is 2.28. The number of nitrogens with zero attached hydrogens (tertiary/aromatic N) is 1. The van der Waals surface area contributed by atoms with E-state index in [0.29, 0.717) is 12.1 Å². The fourth-order valence-electron chi connectivity index (χ4n) is 3.07. The fraction of sp³-hybridized carbons (Fsp3) is 0.583. The van der Waals surface area contributed by atoms with Crippen LogP contribution < -0.4 is 0 Å². The fourth-order valence-corrected chi connectivity index (χ4v) is 6.26. The molecule has 0 spiro atoms. The van der Waals surface area contributed by atoms with E-state index in [0.717, 1.165) is 38.8 Å². The second-order valence-electron chi connectivity index (χ2n) is 4.90. The van der Waals surface area contributed by atoms with Crippen molar-refractivity contribution in [3.05, 3.63) is 19.2 Å². The molecule has 2 bridgehead atoms. The lowest BCUT2D eigenvalue weighted by Crippen LogP contribution is -2.46. The first kappa shape index (κ1) is 13.4. The molecular formula is C12H12Br2ClNOS. The van der Waals surface area contributed by atoms with E-state index in [9.17, 15) is 4.79 Å². The molecule has 1 amide bonds. The Hall–Kier alpha value is 0.420. The van der Waals surface area contributed by atoms with Crippen LogP contribution in [0.25, 0.3) is 0 Å². The Bertz CT molecular complexity index is 478. The number of hydrogen-bond donors (Lipinski definition) is 0. The Morgan fingerprint density at radius 1 is 1.33 bits per heavy atom. The van der Waals surface area contributed by atoms with Gasteiger partial charge in [0, 0.05) is 17.5 Å². The predicted molar refractivity (Wildman–Crippen MR) is 81.6 cm³/mol. The number of piperidine rings is 1. The maximum atomic E-state index is 12.6. The highest BCUT2D eigenvalue weighted by atomic mass is 79.9. The smallest absolute Gasteiger partial charge is 0.256 e. The average Bonchev–Trinajstić information content (AvgIpc) is 2.76. The van der Waals surface area contributed by atoms with Crippen LogP contribution in [0.4, 0.5) is 0 Å². The lowest BCUT2D eigenvalue weighted by Gasteiger charge is -2.37. The standard InChI is InChI=1S/C12H12Br2ClNOS/c13-10-5-9(11(14)18-10)12(17)16-7-1-2-8(16)4-6(15)3-7/h5-8H,1-4H2. The summed E-state index contributed by atoms with van der Waals surface area (Å²) in [7, 11) is 0. The van der Waals surface area contributed by atoms with E-state index in [2.05, 4.69) is 36.8 Å². The molecule has 3 heterocycles. The second-order valence-corrected chi connectivity index (χ2v) is 9.27. The zero-order valence-corrected chi connectivity index (χ0v) is 14.3. The molecule has 2 atom stereocenters. The second kappa shape index (κ2) is 5.08. The third-order valence-corrected chi connectivity index (χ3v) is 6.49. The number of carbonyl (C=O) groups is 1. The highest BCUT2D eigenvalue weighted by Crippen LogP contribution is 2.40. The van der Waals surface area contributed by atoms with Crippen molar-refractivity contribution >= 4 is 60.7 Å². The highest BCUT2D eigenvalue weighted by molar-refractivity contribution is 9.12. The maximum Gasteiger partial charge on any atom is 0.256 e.